The van der Waals surface area contributed by atoms with Gasteiger partial charge in [0.2, 0.25) is 0 Å². The standard InChI is InChI=1S/C17H14N4O2.ClH/c18-17(19)20-15(22)14-10-21(11-6-2-1-3-7-11)16(23)13-9-5-4-8-12(13)14;/h1-10H,(H4,18,19,20,22);1H. The van der Waals surface area contributed by atoms with Crippen LogP contribution in [0.5, 0.6) is 0 Å². The molecule has 1 aromatic heterocycles. The number of pyridine rings is 1. The topological polar surface area (TPSA) is 103 Å². The molecule has 2 aromatic carbocycles. The molecule has 122 valence electrons. The molecule has 0 saturated carbocycles. The second kappa shape index (κ2) is 6.97. The van der Waals surface area contributed by atoms with E-state index in [0.717, 1.165) is 0 Å². The number of para-hydroxylation sites is 1. The van der Waals surface area contributed by atoms with Crippen LogP contribution >= 0.6 is 12.4 Å². The van der Waals surface area contributed by atoms with E-state index < -0.39 is 5.91 Å². The Labute approximate surface area is 143 Å². The van der Waals surface area contributed by atoms with Gasteiger partial charge in [0.15, 0.2) is 5.96 Å². The van der Waals surface area contributed by atoms with E-state index in [1.54, 1.807) is 36.4 Å². The van der Waals surface area contributed by atoms with E-state index in [1.807, 2.05) is 18.2 Å². The van der Waals surface area contributed by atoms with Gasteiger partial charge in [-0.15, -0.1) is 12.4 Å². The van der Waals surface area contributed by atoms with Gasteiger partial charge in [-0.05, 0) is 18.2 Å². The summed E-state index contributed by atoms with van der Waals surface area (Å²) in [5, 5.41) is 0.938. The zero-order valence-electron chi connectivity index (χ0n) is 12.5. The number of guanidine groups is 1. The number of fused-ring (bicyclic) bond motifs is 1. The largest absolute Gasteiger partial charge is 0.370 e. The van der Waals surface area contributed by atoms with E-state index in [9.17, 15) is 9.59 Å². The Morgan fingerprint density at radius 2 is 1.50 bits per heavy atom. The lowest BCUT2D eigenvalue weighted by Gasteiger charge is -2.10. The summed E-state index contributed by atoms with van der Waals surface area (Å²) in [6.07, 6.45) is 1.47. The van der Waals surface area contributed by atoms with Crippen molar-refractivity contribution in [2.24, 2.45) is 16.5 Å². The third kappa shape index (κ3) is 3.13. The van der Waals surface area contributed by atoms with Gasteiger partial charge in [-0.3, -0.25) is 14.2 Å². The van der Waals surface area contributed by atoms with Crippen LogP contribution in [0.3, 0.4) is 0 Å². The Kier molecular flexibility index (Phi) is 5.01. The summed E-state index contributed by atoms with van der Waals surface area (Å²) in [6.45, 7) is 0. The van der Waals surface area contributed by atoms with E-state index >= 15 is 0 Å². The van der Waals surface area contributed by atoms with Crippen LogP contribution in [0, 0.1) is 0 Å². The van der Waals surface area contributed by atoms with Crippen LogP contribution in [0.15, 0.2) is 70.6 Å². The lowest BCUT2D eigenvalue weighted by atomic mass is 10.1. The maximum atomic E-state index is 12.7. The first-order valence-corrected chi connectivity index (χ1v) is 6.91. The highest BCUT2D eigenvalue weighted by Crippen LogP contribution is 2.18. The molecule has 0 aliphatic heterocycles. The van der Waals surface area contributed by atoms with Gasteiger partial charge in [-0.2, -0.15) is 4.99 Å². The first-order valence-electron chi connectivity index (χ1n) is 6.91. The number of aromatic nitrogens is 1. The van der Waals surface area contributed by atoms with Crippen molar-refractivity contribution in [2.75, 3.05) is 0 Å². The van der Waals surface area contributed by atoms with Crippen molar-refractivity contribution in [2.45, 2.75) is 0 Å². The van der Waals surface area contributed by atoms with E-state index in [-0.39, 0.29) is 29.5 Å². The molecule has 0 radical (unpaired) electrons. The van der Waals surface area contributed by atoms with Gasteiger partial charge in [0.05, 0.1) is 5.56 Å². The Balaban J connectivity index is 0.00000208. The molecule has 0 aliphatic rings. The van der Waals surface area contributed by atoms with Crippen LogP contribution in [-0.4, -0.2) is 16.4 Å². The molecular formula is C17H15ClN4O2. The number of amides is 1. The molecule has 3 aromatic rings. The fraction of sp³-hybridized carbons (Fsp3) is 0. The van der Waals surface area contributed by atoms with Crippen LogP contribution < -0.4 is 17.0 Å². The van der Waals surface area contributed by atoms with Crippen molar-refractivity contribution in [1.29, 1.82) is 0 Å². The Hall–Kier alpha value is -3.12. The summed E-state index contributed by atoms with van der Waals surface area (Å²) in [4.78, 5) is 28.6. The Bertz CT molecular complexity index is 977. The van der Waals surface area contributed by atoms with E-state index in [0.29, 0.717) is 16.5 Å². The SMILES string of the molecule is Cl.NC(N)=NC(=O)c1cn(-c2ccccc2)c(=O)c2ccccc12. The molecule has 4 N–H and O–H groups in total. The number of carbonyl (C=O) groups excluding carboxylic acids is 1. The molecule has 1 heterocycles. The number of benzene rings is 2. The van der Waals surface area contributed by atoms with Crippen LogP contribution in [0.25, 0.3) is 16.5 Å². The van der Waals surface area contributed by atoms with E-state index in [2.05, 4.69) is 4.99 Å². The first kappa shape index (κ1) is 17.2. The fourth-order valence-corrected chi connectivity index (χ4v) is 2.42. The van der Waals surface area contributed by atoms with E-state index in [1.165, 1.54) is 10.8 Å². The predicted molar refractivity (Wildman–Crippen MR) is 96.9 cm³/mol. The van der Waals surface area contributed by atoms with Gasteiger partial charge in [0.25, 0.3) is 11.5 Å². The number of aliphatic imine (C=N–C) groups is 1. The van der Waals surface area contributed by atoms with Gasteiger partial charge in [-0.1, -0.05) is 36.4 Å². The van der Waals surface area contributed by atoms with Crippen LogP contribution in [-0.2, 0) is 0 Å². The number of carbonyl (C=O) groups is 1. The molecule has 0 atom stereocenters. The normalized spacial score (nSPS) is 10.0. The quantitative estimate of drug-likeness (QED) is 0.547. The van der Waals surface area contributed by atoms with Crippen LogP contribution in [0.4, 0.5) is 0 Å². The summed E-state index contributed by atoms with van der Waals surface area (Å²) in [5.74, 6) is -0.914. The van der Waals surface area contributed by atoms with Gasteiger partial charge < -0.3 is 11.5 Å². The number of halogens is 1. The molecule has 3 rings (SSSR count). The molecule has 0 spiro atoms. The number of hydrogen-bond donors (Lipinski definition) is 2. The molecular weight excluding hydrogens is 328 g/mol. The highest BCUT2D eigenvalue weighted by molar-refractivity contribution is 6.10. The lowest BCUT2D eigenvalue weighted by Crippen LogP contribution is -2.25. The van der Waals surface area contributed by atoms with Gasteiger partial charge in [0.1, 0.15) is 0 Å². The molecule has 0 aliphatic carbocycles. The summed E-state index contributed by atoms with van der Waals surface area (Å²) < 4.78 is 1.41. The monoisotopic (exact) mass is 342 g/mol. The fourth-order valence-electron chi connectivity index (χ4n) is 2.42. The van der Waals surface area contributed by atoms with Gasteiger partial charge in [-0.25, -0.2) is 0 Å². The summed E-state index contributed by atoms with van der Waals surface area (Å²) in [5.41, 5.74) is 11.3. The first-order chi connectivity index (χ1) is 11.1. The molecule has 7 heteroatoms. The average molecular weight is 343 g/mol. The third-order valence-electron chi connectivity index (χ3n) is 3.42. The van der Waals surface area contributed by atoms with Crippen molar-refractivity contribution in [3.05, 3.63) is 76.7 Å². The Morgan fingerprint density at radius 3 is 2.12 bits per heavy atom. The highest BCUT2D eigenvalue weighted by Gasteiger charge is 2.15. The van der Waals surface area contributed by atoms with Crippen LogP contribution in [0.2, 0.25) is 0 Å². The van der Waals surface area contributed by atoms with E-state index in [4.69, 9.17) is 11.5 Å². The van der Waals surface area contributed by atoms with Gasteiger partial charge in [0, 0.05) is 22.7 Å². The summed E-state index contributed by atoms with van der Waals surface area (Å²) in [7, 11) is 0. The lowest BCUT2D eigenvalue weighted by molar-refractivity contribution is 0.100. The number of rotatable bonds is 2. The number of nitrogens with zero attached hydrogens (tertiary/aromatic N) is 2. The minimum atomic E-state index is -0.592. The average Bonchev–Trinajstić information content (AvgIpc) is 2.55. The number of nitrogens with two attached hydrogens (primary N) is 2. The second-order valence-electron chi connectivity index (χ2n) is 4.94. The predicted octanol–water partition coefficient (Wildman–Crippen LogP) is 1.83. The Morgan fingerprint density at radius 1 is 0.917 bits per heavy atom. The smallest absolute Gasteiger partial charge is 0.282 e. The molecule has 0 fully saturated rings. The maximum Gasteiger partial charge on any atom is 0.282 e. The maximum absolute atomic E-state index is 12.7. The molecule has 24 heavy (non-hydrogen) atoms. The second-order valence-corrected chi connectivity index (χ2v) is 4.94. The molecule has 6 nitrogen and oxygen atoms in total. The van der Waals surface area contributed by atoms with Crippen molar-refractivity contribution in [3.8, 4) is 5.69 Å². The molecule has 0 unspecified atom stereocenters. The molecule has 0 saturated heterocycles. The van der Waals surface area contributed by atoms with Crippen LogP contribution in [0.1, 0.15) is 10.4 Å². The zero-order valence-corrected chi connectivity index (χ0v) is 13.4. The summed E-state index contributed by atoms with van der Waals surface area (Å²) >= 11 is 0. The number of hydrogen-bond acceptors (Lipinski definition) is 2. The third-order valence-corrected chi connectivity index (χ3v) is 3.42. The minimum Gasteiger partial charge on any atom is -0.370 e. The van der Waals surface area contributed by atoms with Crippen molar-refractivity contribution in [3.63, 3.8) is 0 Å². The molecule has 1 amide bonds. The van der Waals surface area contributed by atoms with Crippen molar-refractivity contribution >= 4 is 35.0 Å². The summed E-state index contributed by atoms with van der Waals surface area (Å²) in [6, 6.07) is 15.9. The van der Waals surface area contributed by atoms with Crippen molar-refractivity contribution in [1.82, 2.24) is 4.57 Å². The van der Waals surface area contributed by atoms with Gasteiger partial charge >= 0.3 is 0 Å². The minimum absolute atomic E-state index is 0. The molecule has 0 bridgehead atoms. The van der Waals surface area contributed by atoms with Crippen molar-refractivity contribution < 1.29 is 4.79 Å². The highest BCUT2D eigenvalue weighted by atomic mass is 35.5. The zero-order chi connectivity index (χ0) is 16.4.